The number of alkyl halides is 3. The number of hydrogen-bond acceptors (Lipinski definition) is 6. The number of carbonyl (C=O) groups is 2. The molecule has 2 fully saturated rings. The number of nitrogens with zero attached hydrogens (tertiary/aromatic N) is 3. The summed E-state index contributed by atoms with van der Waals surface area (Å²) in [6.45, 7) is 1.66. The van der Waals surface area contributed by atoms with E-state index in [2.05, 4.69) is 9.97 Å². The van der Waals surface area contributed by atoms with E-state index < -0.39 is 11.9 Å². The molecule has 31 heavy (non-hydrogen) atoms. The third-order valence-electron chi connectivity index (χ3n) is 5.43. The van der Waals surface area contributed by atoms with Crippen LogP contribution in [0.2, 0.25) is 0 Å². The number of benzene rings is 1. The first-order valence-electron chi connectivity index (χ1n) is 9.88. The molecule has 10 heteroatoms. The predicted octanol–water partition coefficient (Wildman–Crippen LogP) is 3.56. The van der Waals surface area contributed by atoms with Crippen LogP contribution in [-0.4, -0.2) is 46.4 Å². The predicted molar refractivity (Wildman–Crippen MR) is 101 cm³/mol. The molecule has 2 aliphatic rings. The van der Waals surface area contributed by atoms with Crippen LogP contribution in [0.3, 0.4) is 0 Å². The zero-order chi connectivity index (χ0) is 22.0. The first-order valence-corrected chi connectivity index (χ1v) is 9.88. The maximum absolute atomic E-state index is 12.5. The Hall–Kier alpha value is -3.17. The van der Waals surface area contributed by atoms with E-state index in [4.69, 9.17) is 9.47 Å². The minimum absolute atomic E-state index is 0.0319. The molecule has 3 heterocycles. The van der Waals surface area contributed by atoms with Gasteiger partial charge in [0.1, 0.15) is 5.75 Å². The van der Waals surface area contributed by atoms with Crippen molar-refractivity contribution in [3.05, 3.63) is 47.9 Å². The second-order valence-electron chi connectivity index (χ2n) is 7.70. The summed E-state index contributed by atoms with van der Waals surface area (Å²) in [6.07, 6.45) is -1.53. The smallest absolute Gasteiger partial charge is 0.434 e. The van der Waals surface area contributed by atoms with Crippen LogP contribution in [0, 0.1) is 5.92 Å². The molecular weight excluding hydrogens is 415 g/mol. The SMILES string of the molecule is O=C1C[C@H](CCC(=O)N2CC(c3ccc(Oc4cnc(C(F)(F)F)cn4)cc3)C2)CO1. The molecule has 0 spiro atoms. The number of rotatable bonds is 6. The van der Waals surface area contributed by atoms with E-state index in [9.17, 15) is 22.8 Å². The lowest BCUT2D eigenvalue weighted by Gasteiger charge is -2.40. The molecule has 0 aliphatic carbocycles. The van der Waals surface area contributed by atoms with E-state index in [1.54, 1.807) is 17.0 Å². The standard InChI is InChI=1S/C21H20F3N3O4/c22-21(23,24)17-8-26-18(9-25-17)31-16-4-2-14(3-5-16)15-10-27(11-15)19(28)6-1-13-7-20(29)30-12-13/h2-5,8-9,13,15H,1,6-7,10-12H2/t13-/m0/s1. The Kier molecular flexibility index (Phi) is 5.79. The number of hydrogen-bond donors (Lipinski definition) is 0. The van der Waals surface area contributed by atoms with Crippen molar-refractivity contribution in [2.24, 2.45) is 5.92 Å². The highest BCUT2D eigenvalue weighted by Crippen LogP contribution is 2.31. The van der Waals surface area contributed by atoms with Crippen molar-refractivity contribution in [2.75, 3.05) is 19.7 Å². The molecule has 0 unspecified atom stereocenters. The first-order chi connectivity index (χ1) is 14.8. The van der Waals surface area contributed by atoms with Crippen molar-refractivity contribution < 1.29 is 32.2 Å². The molecule has 164 valence electrons. The van der Waals surface area contributed by atoms with Gasteiger partial charge in [0.05, 0.1) is 25.4 Å². The Morgan fingerprint density at radius 3 is 2.48 bits per heavy atom. The van der Waals surface area contributed by atoms with E-state index in [1.807, 2.05) is 12.1 Å². The number of ether oxygens (including phenoxy) is 2. The Morgan fingerprint density at radius 1 is 1.16 bits per heavy atom. The molecule has 1 aromatic carbocycles. The third-order valence-corrected chi connectivity index (χ3v) is 5.43. The van der Waals surface area contributed by atoms with E-state index in [0.717, 1.165) is 11.8 Å². The molecule has 0 bridgehead atoms. The lowest BCUT2D eigenvalue weighted by atomic mass is 9.90. The van der Waals surface area contributed by atoms with Crippen LogP contribution in [-0.2, 0) is 20.5 Å². The second kappa shape index (κ2) is 8.52. The van der Waals surface area contributed by atoms with Gasteiger partial charge in [-0.05, 0) is 24.1 Å². The van der Waals surface area contributed by atoms with Gasteiger partial charge >= 0.3 is 12.1 Å². The number of likely N-dealkylation sites (tertiary alicyclic amines) is 1. The zero-order valence-corrected chi connectivity index (χ0v) is 16.5. The maximum atomic E-state index is 12.5. The van der Waals surface area contributed by atoms with Crippen LogP contribution in [0.15, 0.2) is 36.7 Å². The number of aromatic nitrogens is 2. The van der Waals surface area contributed by atoms with Crippen molar-refractivity contribution in [1.29, 1.82) is 0 Å². The number of halogens is 3. The Balaban J connectivity index is 1.24. The van der Waals surface area contributed by atoms with Gasteiger partial charge in [0.25, 0.3) is 0 Å². The molecule has 4 rings (SSSR count). The molecule has 7 nitrogen and oxygen atoms in total. The van der Waals surface area contributed by atoms with Crippen LogP contribution in [0.25, 0.3) is 0 Å². The van der Waals surface area contributed by atoms with Gasteiger partial charge in [-0.15, -0.1) is 0 Å². The molecular formula is C21H20F3N3O4. The summed E-state index contributed by atoms with van der Waals surface area (Å²) in [6, 6.07) is 7.13. The van der Waals surface area contributed by atoms with Crippen LogP contribution >= 0.6 is 0 Å². The highest BCUT2D eigenvalue weighted by atomic mass is 19.4. The largest absolute Gasteiger partial charge is 0.465 e. The summed E-state index contributed by atoms with van der Waals surface area (Å²) in [4.78, 5) is 32.1. The average molecular weight is 435 g/mol. The fourth-order valence-corrected chi connectivity index (χ4v) is 3.57. The van der Waals surface area contributed by atoms with Gasteiger partial charge in [0, 0.05) is 31.3 Å². The van der Waals surface area contributed by atoms with Gasteiger partial charge in [0.15, 0.2) is 5.69 Å². The first kappa shape index (κ1) is 21.1. The number of carbonyl (C=O) groups excluding carboxylic acids is 2. The molecule has 1 atom stereocenters. The number of esters is 1. The van der Waals surface area contributed by atoms with Crippen LogP contribution in [0.1, 0.15) is 36.4 Å². The Morgan fingerprint density at radius 2 is 1.90 bits per heavy atom. The summed E-state index contributed by atoms with van der Waals surface area (Å²) in [7, 11) is 0. The second-order valence-corrected chi connectivity index (χ2v) is 7.70. The molecule has 2 aliphatic heterocycles. The lowest BCUT2D eigenvalue weighted by molar-refractivity contribution is -0.141. The van der Waals surface area contributed by atoms with Crippen molar-refractivity contribution in [2.45, 2.75) is 31.4 Å². The summed E-state index contributed by atoms with van der Waals surface area (Å²) in [5.74, 6) is 0.639. The highest BCUT2D eigenvalue weighted by Gasteiger charge is 2.33. The van der Waals surface area contributed by atoms with Gasteiger partial charge in [0.2, 0.25) is 11.8 Å². The molecule has 0 N–H and O–H groups in total. The number of cyclic esters (lactones) is 1. The molecule has 0 saturated carbocycles. The summed E-state index contributed by atoms with van der Waals surface area (Å²) in [5, 5.41) is 0. The lowest BCUT2D eigenvalue weighted by Crippen LogP contribution is -2.48. The Bertz CT molecular complexity index is 942. The minimum atomic E-state index is -4.55. The highest BCUT2D eigenvalue weighted by molar-refractivity contribution is 5.77. The molecule has 0 radical (unpaired) electrons. The minimum Gasteiger partial charge on any atom is -0.465 e. The van der Waals surface area contributed by atoms with E-state index >= 15 is 0 Å². The van der Waals surface area contributed by atoms with Crippen molar-refractivity contribution in [1.82, 2.24) is 14.9 Å². The van der Waals surface area contributed by atoms with Gasteiger partial charge in [-0.25, -0.2) is 9.97 Å². The monoisotopic (exact) mass is 435 g/mol. The number of amides is 1. The van der Waals surface area contributed by atoms with E-state index in [0.29, 0.717) is 50.9 Å². The fourth-order valence-electron chi connectivity index (χ4n) is 3.57. The fraction of sp³-hybridized carbons (Fsp3) is 0.429. The Labute approximate surface area is 176 Å². The van der Waals surface area contributed by atoms with Gasteiger partial charge in [-0.1, -0.05) is 12.1 Å². The van der Waals surface area contributed by atoms with Gasteiger partial charge < -0.3 is 14.4 Å². The molecule has 2 aromatic rings. The zero-order valence-electron chi connectivity index (χ0n) is 16.5. The van der Waals surface area contributed by atoms with Gasteiger partial charge in [-0.3, -0.25) is 9.59 Å². The summed E-state index contributed by atoms with van der Waals surface area (Å²) in [5.41, 5.74) is -0.0333. The van der Waals surface area contributed by atoms with Crippen molar-refractivity contribution >= 4 is 11.9 Å². The average Bonchev–Trinajstić information content (AvgIpc) is 3.11. The van der Waals surface area contributed by atoms with Crippen molar-refractivity contribution in [3.8, 4) is 11.6 Å². The van der Waals surface area contributed by atoms with Crippen molar-refractivity contribution in [3.63, 3.8) is 0 Å². The maximum Gasteiger partial charge on any atom is 0.434 e. The van der Waals surface area contributed by atoms with Crippen LogP contribution in [0.5, 0.6) is 11.6 Å². The van der Waals surface area contributed by atoms with Crippen LogP contribution in [0.4, 0.5) is 13.2 Å². The van der Waals surface area contributed by atoms with Gasteiger partial charge in [-0.2, -0.15) is 13.2 Å². The normalized spacial score (nSPS) is 19.1. The third kappa shape index (κ3) is 5.12. The quantitative estimate of drug-likeness (QED) is 0.646. The van der Waals surface area contributed by atoms with E-state index in [1.165, 1.54) is 0 Å². The van der Waals surface area contributed by atoms with E-state index in [-0.39, 0.29) is 29.6 Å². The summed E-state index contributed by atoms with van der Waals surface area (Å²) >= 11 is 0. The molecule has 1 aromatic heterocycles. The topological polar surface area (TPSA) is 81.6 Å². The van der Waals surface area contributed by atoms with Crippen LogP contribution < -0.4 is 4.74 Å². The molecule has 1 amide bonds. The molecule has 2 saturated heterocycles. The summed E-state index contributed by atoms with van der Waals surface area (Å²) < 4.78 is 47.9.